The van der Waals surface area contributed by atoms with E-state index in [0.717, 1.165) is 27.7 Å². The van der Waals surface area contributed by atoms with E-state index in [4.69, 9.17) is 16.7 Å². The average Bonchev–Trinajstić information content (AvgIpc) is 2.82. The Morgan fingerprint density at radius 1 is 1.48 bits per heavy atom. The van der Waals surface area contributed by atoms with Gasteiger partial charge in [0.05, 0.1) is 3.79 Å². The van der Waals surface area contributed by atoms with Gasteiger partial charge >= 0.3 is 5.97 Å². The van der Waals surface area contributed by atoms with Crippen LogP contribution in [0.25, 0.3) is 6.08 Å². The number of nitrogens with zero attached hydrogens (tertiary/aromatic N) is 1. The van der Waals surface area contributed by atoms with Crippen LogP contribution in [-0.4, -0.2) is 18.1 Å². The Labute approximate surface area is 140 Å². The van der Waals surface area contributed by atoms with Crippen molar-refractivity contribution >= 4 is 56.6 Å². The molecular weight excluding hydrogens is 374 g/mol. The first-order valence-corrected chi connectivity index (χ1v) is 8.15. The van der Waals surface area contributed by atoms with Crippen LogP contribution < -0.4 is 4.90 Å². The Kier molecular flexibility index (Phi) is 5.45. The summed E-state index contributed by atoms with van der Waals surface area (Å²) < 4.78 is 1.09. The third kappa shape index (κ3) is 4.59. The number of aliphatic carboxylic acids is 1. The van der Waals surface area contributed by atoms with Gasteiger partial charge in [0.2, 0.25) is 0 Å². The highest BCUT2D eigenvalue weighted by atomic mass is 79.9. The smallest absolute Gasteiger partial charge is 0.328 e. The second-order valence-electron chi connectivity index (χ2n) is 4.49. The van der Waals surface area contributed by atoms with Gasteiger partial charge in [0.25, 0.3) is 0 Å². The van der Waals surface area contributed by atoms with Crippen molar-refractivity contribution in [1.82, 2.24) is 0 Å². The third-order valence-corrected chi connectivity index (χ3v) is 4.64. The SMILES string of the molecule is CN(Cc1csc(Br)c1)c1cc(Cl)ccc1/C=C/C(=O)O. The minimum atomic E-state index is -0.972. The number of carboxylic acid groups (broad SMARTS) is 1. The Morgan fingerprint density at radius 3 is 2.86 bits per heavy atom. The van der Waals surface area contributed by atoms with E-state index in [9.17, 15) is 4.79 Å². The number of anilines is 1. The van der Waals surface area contributed by atoms with Gasteiger partial charge in [-0.2, -0.15) is 0 Å². The largest absolute Gasteiger partial charge is 0.478 e. The van der Waals surface area contributed by atoms with E-state index in [-0.39, 0.29) is 0 Å². The molecule has 2 aromatic rings. The molecule has 110 valence electrons. The van der Waals surface area contributed by atoms with Crippen molar-refractivity contribution in [2.75, 3.05) is 11.9 Å². The molecule has 3 nitrogen and oxygen atoms in total. The molecule has 0 bridgehead atoms. The van der Waals surface area contributed by atoms with Crippen LogP contribution in [-0.2, 0) is 11.3 Å². The monoisotopic (exact) mass is 385 g/mol. The van der Waals surface area contributed by atoms with Gasteiger partial charge in [0.15, 0.2) is 0 Å². The summed E-state index contributed by atoms with van der Waals surface area (Å²) in [6.07, 6.45) is 2.70. The number of rotatable bonds is 5. The van der Waals surface area contributed by atoms with E-state index in [1.165, 1.54) is 5.56 Å². The van der Waals surface area contributed by atoms with Crippen molar-refractivity contribution in [1.29, 1.82) is 0 Å². The lowest BCUT2D eigenvalue weighted by Gasteiger charge is -2.21. The zero-order valence-corrected chi connectivity index (χ0v) is 14.4. The third-order valence-electron chi connectivity index (χ3n) is 2.85. The van der Waals surface area contributed by atoms with Crippen LogP contribution in [0.2, 0.25) is 5.02 Å². The van der Waals surface area contributed by atoms with E-state index in [1.54, 1.807) is 23.5 Å². The molecule has 0 atom stereocenters. The topological polar surface area (TPSA) is 40.5 Å². The molecule has 6 heteroatoms. The van der Waals surface area contributed by atoms with E-state index >= 15 is 0 Å². The highest BCUT2D eigenvalue weighted by Gasteiger charge is 2.09. The molecule has 1 aromatic heterocycles. The molecule has 0 fully saturated rings. The van der Waals surface area contributed by atoms with Crippen molar-refractivity contribution < 1.29 is 9.90 Å². The van der Waals surface area contributed by atoms with Gasteiger partial charge < -0.3 is 10.0 Å². The number of benzene rings is 1. The lowest BCUT2D eigenvalue weighted by Crippen LogP contribution is -2.17. The summed E-state index contributed by atoms with van der Waals surface area (Å²) in [5.74, 6) is -0.972. The Hall–Kier alpha value is -1.30. The summed E-state index contributed by atoms with van der Waals surface area (Å²) in [6.45, 7) is 0.719. The Bertz CT molecular complexity index is 684. The summed E-state index contributed by atoms with van der Waals surface area (Å²) >= 11 is 11.1. The summed E-state index contributed by atoms with van der Waals surface area (Å²) in [5.41, 5.74) is 2.89. The Morgan fingerprint density at radius 2 is 2.24 bits per heavy atom. The van der Waals surface area contributed by atoms with Crippen molar-refractivity contribution in [3.8, 4) is 0 Å². The van der Waals surface area contributed by atoms with E-state index in [2.05, 4.69) is 27.4 Å². The lowest BCUT2D eigenvalue weighted by molar-refractivity contribution is -0.131. The minimum Gasteiger partial charge on any atom is -0.478 e. The number of carbonyl (C=O) groups is 1. The van der Waals surface area contributed by atoms with Crippen LogP contribution >= 0.6 is 38.9 Å². The summed E-state index contributed by atoms with van der Waals surface area (Å²) in [4.78, 5) is 12.7. The number of hydrogen-bond donors (Lipinski definition) is 1. The van der Waals surface area contributed by atoms with Crippen molar-refractivity contribution in [2.45, 2.75) is 6.54 Å². The quantitative estimate of drug-likeness (QED) is 0.743. The van der Waals surface area contributed by atoms with Gasteiger partial charge in [-0.3, -0.25) is 0 Å². The van der Waals surface area contributed by atoms with Gasteiger partial charge in [0, 0.05) is 30.4 Å². The number of thiophene rings is 1. The molecule has 0 unspecified atom stereocenters. The predicted molar refractivity (Wildman–Crippen MR) is 92.2 cm³/mol. The van der Waals surface area contributed by atoms with Crippen LogP contribution in [0.15, 0.2) is 39.5 Å². The number of hydrogen-bond acceptors (Lipinski definition) is 3. The second kappa shape index (κ2) is 7.11. The normalized spacial score (nSPS) is 11.0. The zero-order chi connectivity index (χ0) is 15.4. The van der Waals surface area contributed by atoms with Crippen molar-refractivity contribution in [2.24, 2.45) is 0 Å². The zero-order valence-electron chi connectivity index (χ0n) is 11.2. The molecule has 0 aliphatic carbocycles. The maximum atomic E-state index is 10.7. The van der Waals surface area contributed by atoms with Crippen molar-refractivity contribution in [3.05, 3.63) is 55.7 Å². The summed E-state index contributed by atoms with van der Waals surface area (Å²) in [7, 11) is 1.95. The average molecular weight is 387 g/mol. The van der Waals surface area contributed by atoms with Crippen LogP contribution in [0.5, 0.6) is 0 Å². The van der Waals surface area contributed by atoms with Crippen LogP contribution in [0.4, 0.5) is 5.69 Å². The molecule has 21 heavy (non-hydrogen) atoms. The molecule has 0 saturated carbocycles. The predicted octanol–water partition coefficient (Wildman–Crippen LogP) is 4.90. The van der Waals surface area contributed by atoms with Crippen LogP contribution in [0, 0.1) is 0 Å². The molecule has 0 spiro atoms. The fraction of sp³-hybridized carbons (Fsp3) is 0.133. The van der Waals surface area contributed by atoms with E-state index in [1.807, 2.05) is 24.1 Å². The lowest BCUT2D eigenvalue weighted by atomic mass is 10.1. The molecule has 1 heterocycles. The van der Waals surface area contributed by atoms with Crippen LogP contribution in [0.1, 0.15) is 11.1 Å². The first-order valence-electron chi connectivity index (χ1n) is 6.10. The number of halogens is 2. The second-order valence-corrected chi connectivity index (χ2v) is 7.22. The maximum Gasteiger partial charge on any atom is 0.328 e. The molecule has 0 aliphatic heterocycles. The van der Waals surface area contributed by atoms with E-state index < -0.39 is 5.97 Å². The summed E-state index contributed by atoms with van der Waals surface area (Å²) in [6, 6.07) is 7.47. The fourth-order valence-corrected chi connectivity index (χ4v) is 3.30. The van der Waals surface area contributed by atoms with Gasteiger partial charge in [-0.25, -0.2) is 4.79 Å². The first-order chi connectivity index (χ1) is 9.95. The van der Waals surface area contributed by atoms with Gasteiger partial charge in [-0.15, -0.1) is 11.3 Å². The Balaban J connectivity index is 2.27. The fourth-order valence-electron chi connectivity index (χ4n) is 1.94. The van der Waals surface area contributed by atoms with Crippen LogP contribution in [0.3, 0.4) is 0 Å². The van der Waals surface area contributed by atoms with Gasteiger partial charge in [-0.05, 0) is 56.7 Å². The molecular formula is C15H13BrClNO2S. The highest BCUT2D eigenvalue weighted by Crippen LogP contribution is 2.28. The summed E-state index contributed by atoms with van der Waals surface area (Å²) in [5, 5.41) is 11.5. The molecule has 0 amide bonds. The highest BCUT2D eigenvalue weighted by molar-refractivity contribution is 9.11. The minimum absolute atomic E-state index is 0.621. The number of carboxylic acids is 1. The van der Waals surface area contributed by atoms with Gasteiger partial charge in [0.1, 0.15) is 0 Å². The van der Waals surface area contributed by atoms with Crippen molar-refractivity contribution in [3.63, 3.8) is 0 Å². The standard InChI is InChI=1S/C15H13BrClNO2S/c1-18(8-10-6-14(16)21-9-10)13-7-12(17)4-2-11(13)3-5-15(19)20/h2-7,9H,8H2,1H3,(H,19,20)/b5-3+. The molecule has 2 rings (SSSR count). The molecule has 0 aliphatic rings. The molecule has 1 aromatic carbocycles. The van der Waals surface area contributed by atoms with E-state index in [0.29, 0.717) is 5.02 Å². The molecule has 0 radical (unpaired) electrons. The molecule has 1 N–H and O–H groups in total. The van der Waals surface area contributed by atoms with Gasteiger partial charge in [-0.1, -0.05) is 17.7 Å². The molecule has 0 saturated heterocycles. The first kappa shape index (κ1) is 16.1. The maximum absolute atomic E-state index is 10.7.